The Bertz CT molecular complexity index is 1240. The van der Waals surface area contributed by atoms with E-state index in [2.05, 4.69) is 0 Å². The molecule has 2 N–H and O–H groups in total. The Balaban J connectivity index is 1.98. The van der Waals surface area contributed by atoms with Crippen molar-refractivity contribution in [3.05, 3.63) is 94.6 Å². The van der Waals surface area contributed by atoms with Crippen LogP contribution in [0.1, 0.15) is 28.3 Å². The number of aliphatic hydroxyl groups excluding tert-OH is 1. The van der Waals surface area contributed by atoms with Gasteiger partial charge in [0.05, 0.1) is 24.3 Å². The summed E-state index contributed by atoms with van der Waals surface area (Å²) < 4.78 is 5.35. The number of rotatable bonds is 4. The molecule has 1 unspecified atom stereocenters. The van der Waals surface area contributed by atoms with Gasteiger partial charge >= 0.3 is 0 Å². The Labute approximate surface area is 186 Å². The van der Waals surface area contributed by atoms with Crippen molar-refractivity contribution >= 4 is 23.1 Å². The molecule has 6 nitrogen and oxygen atoms in total. The summed E-state index contributed by atoms with van der Waals surface area (Å²) in [7, 11) is 1.47. The zero-order valence-electron chi connectivity index (χ0n) is 18.0. The normalized spacial score (nSPS) is 17.6. The van der Waals surface area contributed by atoms with Gasteiger partial charge in [-0.15, -0.1) is 0 Å². The molecule has 32 heavy (non-hydrogen) atoms. The van der Waals surface area contributed by atoms with E-state index in [1.165, 1.54) is 24.1 Å². The number of Topliss-reactive ketones (excluding diaryl/α,β-unsaturated/α-hetero) is 1. The lowest BCUT2D eigenvalue weighted by Crippen LogP contribution is -2.29. The molecule has 0 aromatic heterocycles. The Hall–Kier alpha value is -4.06. The third-order valence-corrected chi connectivity index (χ3v) is 5.78. The number of ketones is 1. The number of hydrogen-bond donors (Lipinski definition) is 2. The highest BCUT2D eigenvalue weighted by atomic mass is 16.5. The van der Waals surface area contributed by atoms with Gasteiger partial charge in [-0.05, 0) is 66.9 Å². The first-order chi connectivity index (χ1) is 15.3. The number of hydrogen-bond acceptors (Lipinski definition) is 5. The lowest BCUT2D eigenvalue weighted by Gasteiger charge is -2.26. The zero-order chi connectivity index (χ0) is 23.0. The van der Waals surface area contributed by atoms with Gasteiger partial charge in [-0.3, -0.25) is 14.5 Å². The lowest BCUT2D eigenvalue weighted by molar-refractivity contribution is -0.132. The number of phenols is 1. The number of carbonyl (C=O) groups excluding carboxylic acids is 2. The van der Waals surface area contributed by atoms with Gasteiger partial charge in [-0.25, -0.2) is 0 Å². The van der Waals surface area contributed by atoms with Gasteiger partial charge in [0.1, 0.15) is 17.3 Å². The first kappa shape index (κ1) is 21.2. The second kappa shape index (κ2) is 8.23. The number of aromatic hydroxyl groups is 1. The van der Waals surface area contributed by atoms with E-state index >= 15 is 0 Å². The molecule has 1 aliphatic rings. The molecule has 0 radical (unpaired) electrons. The van der Waals surface area contributed by atoms with Crippen LogP contribution in [0.3, 0.4) is 0 Å². The number of amides is 1. The van der Waals surface area contributed by atoms with Crippen molar-refractivity contribution in [3.8, 4) is 11.5 Å². The van der Waals surface area contributed by atoms with Crippen molar-refractivity contribution in [1.29, 1.82) is 0 Å². The Morgan fingerprint density at radius 3 is 2.28 bits per heavy atom. The predicted octanol–water partition coefficient (Wildman–Crippen LogP) is 4.64. The molecule has 0 spiro atoms. The van der Waals surface area contributed by atoms with Gasteiger partial charge in [0.15, 0.2) is 0 Å². The van der Waals surface area contributed by atoms with Gasteiger partial charge in [0.2, 0.25) is 0 Å². The van der Waals surface area contributed by atoms with Gasteiger partial charge in [-0.2, -0.15) is 0 Å². The number of ether oxygens (including phenoxy) is 1. The number of methoxy groups -OCH3 is 1. The third-order valence-electron chi connectivity index (χ3n) is 5.78. The summed E-state index contributed by atoms with van der Waals surface area (Å²) >= 11 is 0. The average Bonchev–Trinajstić information content (AvgIpc) is 3.06. The molecule has 3 aromatic carbocycles. The Morgan fingerprint density at radius 1 is 0.938 bits per heavy atom. The fraction of sp³-hybridized carbons (Fsp3) is 0.154. The maximum atomic E-state index is 13.2. The standard InChI is InChI=1S/C26H23NO5/c1-15-8-11-18(14-16(15)2)27-23(17-9-12-19(28)13-10-17)22(25(30)26(27)31)24(29)20-6-4-5-7-21(20)32-3/h4-14,23,28-29H,1-3H3/b24-22+. The van der Waals surface area contributed by atoms with Crippen LogP contribution in [0.15, 0.2) is 72.3 Å². The molecule has 1 amide bonds. The molecule has 0 aliphatic carbocycles. The number of phenolic OH excluding ortho intramolecular Hbond substituents is 1. The van der Waals surface area contributed by atoms with Crippen LogP contribution in [0.25, 0.3) is 5.76 Å². The summed E-state index contributed by atoms with van der Waals surface area (Å²) in [6.45, 7) is 3.90. The Morgan fingerprint density at radius 2 is 1.62 bits per heavy atom. The van der Waals surface area contributed by atoms with E-state index in [0.717, 1.165) is 11.1 Å². The predicted molar refractivity (Wildman–Crippen MR) is 122 cm³/mol. The molecular formula is C26H23NO5. The molecule has 1 fully saturated rings. The maximum absolute atomic E-state index is 13.2. The number of benzene rings is 3. The molecule has 4 rings (SSSR count). The summed E-state index contributed by atoms with van der Waals surface area (Å²) in [6.07, 6.45) is 0. The van der Waals surface area contributed by atoms with E-state index in [-0.39, 0.29) is 17.1 Å². The fourth-order valence-corrected chi connectivity index (χ4v) is 3.93. The SMILES string of the molecule is COc1ccccc1/C(O)=C1\C(=O)C(=O)N(c2ccc(C)c(C)c2)C1c1ccc(O)cc1. The quantitative estimate of drug-likeness (QED) is 0.358. The first-order valence-electron chi connectivity index (χ1n) is 10.1. The highest BCUT2D eigenvalue weighted by Crippen LogP contribution is 2.43. The number of nitrogens with zero attached hydrogens (tertiary/aromatic N) is 1. The molecule has 1 atom stereocenters. The van der Waals surface area contributed by atoms with Gasteiger partial charge in [0.25, 0.3) is 11.7 Å². The Kier molecular flexibility index (Phi) is 5.45. The van der Waals surface area contributed by atoms with Crippen molar-refractivity contribution in [2.45, 2.75) is 19.9 Å². The summed E-state index contributed by atoms with van der Waals surface area (Å²) in [4.78, 5) is 27.8. The smallest absolute Gasteiger partial charge is 0.300 e. The second-order valence-corrected chi connectivity index (χ2v) is 7.73. The van der Waals surface area contributed by atoms with Crippen LogP contribution >= 0.6 is 0 Å². The van der Waals surface area contributed by atoms with Crippen LogP contribution in [-0.2, 0) is 9.59 Å². The number of para-hydroxylation sites is 1. The second-order valence-electron chi connectivity index (χ2n) is 7.73. The first-order valence-corrected chi connectivity index (χ1v) is 10.1. The molecule has 0 saturated carbocycles. The summed E-state index contributed by atoms with van der Waals surface area (Å²) in [5, 5.41) is 21.0. The molecule has 1 aliphatic heterocycles. The van der Waals surface area contributed by atoms with Crippen molar-refractivity contribution in [2.24, 2.45) is 0 Å². The topological polar surface area (TPSA) is 87.1 Å². The van der Waals surface area contributed by atoms with E-state index in [4.69, 9.17) is 4.74 Å². The van der Waals surface area contributed by atoms with E-state index in [9.17, 15) is 19.8 Å². The van der Waals surface area contributed by atoms with Crippen molar-refractivity contribution in [3.63, 3.8) is 0 Å². The third kappa shape index (κ3) is 3.50. The van der Waals surface area contributed by atoms with Crippen LogP contribution in [0.4, 0.5) is 5.69 Å². The molecule has 1 saturated heterocycles. The number of aliphatic hydroxyl groups is 1. The minimum absolute atomic E-state index is 0.0385. The highest BCUT2D eigenvalue weighted by molar-refractivity contribution is 6.51. The van der Waals surface area contributed by atoms with Crippen LogP contribution < -0.4 is 9.64 Å². The van der Waals surface area contributed by atoms with Crippen molar-refractivity contribution < 1.29 is 24.5 Å². The summed E-state index contributed by atoms with van der Waals surface area (Å²) in [5.41, 5.74) is 3.43. The van der Waals surface area contributed by atoms with Crippen LogP contribution in [-0.4, -0.2) is 29.0 Å². The highest BCUT2D eigenvalue weighted by Gasteiger charge is 2.47. The van der Waals surface area contributed by atoms with E-state index < -0.39 is 17.7 Å². The molecule has 0 bridgehead atoms. The van der Waals surface area contributed by atoms with Crippen molar-refractivity contribution in [2.75, 3.05) is 12.0 Å². The largest absolute Gasteiger partial charge is 0.508 e. The molecule has 1 heterocycles. The minimum Gasteiger partial charge on any atom is -0.508 e. The maximum Gasteiger partial charge on any atom is 0.300 e. The molecule has 3 aromatic rings. The van der Waals surface area contributed by atoms with Gasteiger partial charge in [-0.1, -0.05) is 30.3 Å². The van der Waals surface area contributed by atoms with Gasteiger partial charge in [0, 0.05) is 5.69 Å². The van der Waals surface area contributed by atoms with Crippen molar-refractivity contribution in [1.82, 2.24) is 0 Å². The van der Waals surface area contributed by atoms with Gasteiger partial charge < -0.3 is 14.9 Å². The average molecular weight is 429 g/mol. The molecule has 6 heteroatoms. The number of aryl methyl sites for hydroxylation is 2. The summed E-state index contributed by atoms with van der Waals surface area (Å²) in [5.74, 6) is -1.40. The monoisotopic (exact) mass is 429 g/mol. The summed E-state index contributed by atoms with van der Waals surface area (Å²) in [6, 6.07) is 17.6. The number of anilines is 1. The zero-order valence-corrected chi connectivity index (χ0v) is 18.0. The van der Waals surface area contributed by atoms with E-state index in [1.54, 1.807) is 42.5 Å². The van der Waals surface area contributed by atoms with E-state index in [1.807, 2.05) is 26.0 Å². The fourth-order valence-electron chi connectivity index (χ4n) is 3.93. The minimum atomic E-state index is -0.873. The van der Waals surface area contributed by atoms with Crippen LogP contribution in [0.2, 0.25) is 0 Å². The lowest BCUT2D eigenvalue weighted by atomic mass is 9.94. The number of carbonyl (C=O) groups is 2. The van der Waals surface area contributed by atoms with E-state index in [0.29, 0.717) is 22.6 Å². The molecular weight excluding hydrogens is 406 g/mol. The molecule has 162 valence electrons. The van der Waals surface area contributed by atoms with Crippen LogP contribution in [0.5, 0.6) is 11.5 Å². The van der Waals surface area contributed by atoms with Crippen LogP contribution in [0, 0.1) is 13.8 Å².